The van der Waals surface area contributed by atoms with Crippen LogP contribution in [0.5, 0.6) is 0 Å². The zero-order valence-electron chi connectivity index (χ0n) is 22.8. The van der Waals surface area contributed by atoms with E-state index in [4.69, 9.17) is 0 Å². The molecule has 1 fully saturated rings. The summed E-state index contributed by atoms with van der Waals surface area (Å²) in [6, 6.07) is 32.6. The molecule has 34 heavy (non-hydrogen) atoms. The fourth-order valence-electron chi connectivity index (χ4n) is 4.25. The Balaban J connectivity index is 0.000000255. The molecule has 1 heterocycles. The fourth-order valence-corrected chi connectivity index (χ4v) is 5.87. The Labute approximate surface area is 215 Å². The van der Waals surface area contributed by atoms with Crippen LogP contribution in [-0.2, 0) is 0 Å². The van der Waals surface area contributed by atoms with Crippen molar-refractivity contribution in [1.29, 1.82) is 0 Å². The topological polar surface area (TPSA) is 3.24 Å². The summed E-state index contributed by atoms with van der Waals surface area (Å²) >= 11 is 2.15. The molecule has 0 spiro atoms. The Hall–Kier alpha value is -2.03. The van der Waals surface area contributed by atoms with E-state index >= 15 is 0 Å². The van der Waals surface area contributed by atoms with E-state index in [2.05, 4.69) is 119 Å². The standard InChI is InChI=1S/C12H10.C11H23NS.C7H8.C2H6/c1-3-7-11(8-4-1)12-9-5-2-6-10-12;1-6-9-8-13-11(3,4)10(7-2)12(9)5;1-7-5-3-2-4-6-7;1-2/h1-10H;9-10H,6-8H2,1-5H3;2-6H,1H3;1-2H3. The molecule has 1 saturated heterocycles. The molecule has 2 atom stereocenters. The normalized spacial score (nSPS) is 18.7. The Morgan fingerprint density at radius 2 is 1.15 bits per heavy atom. The first-order valence-corrected chi connectivity index (χ1v) is 13.9. The van der Waals surface area contributed by atoms with Crippen molar-refractivity contribution in [3.63, 3.8) is 0 Å². The summed E-state index contributed by atoms with van der Waals surface area (Å²) in [5, 5.41) is 0. The monoisotopic (exact) mass is 477 g/mol. The predicted octanol–water partition coefficient (Wildman–Crippen LogP) is 9.38. The van der Waals surface area contributed by atoms with Crippen molar-refractivity contribution >= 4 is 11.8 Å². The lowest BCUT2D eigenvalue weighted by Crippen LogP contribution is -2.55. The molecule has 0 bridgehead atoms. The largest absolute Gasteiger partial charge is 0.298 e. The zero-order valence-corrected chi connectivity index (χ0v) is 23.6. The predicted molar refractivity (Wildman–Crippen MR) is 157 cm³/mol. The van der Waals surface area contributed by atoms with Crippen LogP contribution >= 0.6 is 11.8 Å². The highest BCUT2D eigenvalue weighted by molar-refractivity contribution is 8.00. The number of hydrogen-bond donors (Lipinski definition) is 0. The van der Waals surface area contributed by atoms with Gasteiger partial charge in [0.05, 0.1) is 0 Å². The van der Waals surface area contributed by atoms with Gasteiger partial charge in [0.2, 0.25) is 0 Å². The van der Waals surface area contributed by atoms with Crippen molar-refractivity contribution < 1.29 is 0 Å². The molecular formula is C32H47NS. The van der Waals surface area contributed by atoms with Gasteiger partial charge in [-0.3, -0.25) is 4.90 Å². The van der Waals surface area contributed by atoms with Gasteiger partial charge in [-0.2, -0.15) is 11.8 Å². The van der Waals surface area contributed by atoms with Gasteiger partial charge in [0, 0.05) is 22.6 Å². The third-order valence-electron chi connectivity index (χ3n) is 6.20. The molecule has 186 valence electrons. The van der Waals surface area contributed by atoms with Gasteiger partial charge in [0.15, 0.2) is 0 Å². The molecule has 2 unspecified atom stereocenters. The Morgan fingerprint density at radius 3 is 1.47 bits per heavy atom. The molecule has 1 aliphatic rings. The second-order valence-electron chi connectivity index (χ2n) is 8.95. The second-order valence-corrected chi connectivity index (χ2v) is 10.6. The van der Waals surface area contributed by atoms with Crippen LogP contribution in [0, 0.1) is 6.92 Å². The van der Waals surface area contributed by atoms with Gasteiger partial charge in [-0.15, -0.1) is 0 Å². The number of thioether (sulfide) groups is 1. The summed E-state index contributed by atoms with van der Waals surface area (Å²) in [5.74, 6) is 1.30. The molecule has 0 radical (unpaired) electrons. The summed E-state index contributed by atoms with van der Waals surface area (Å²) in [6.45, 7) is 15.5. The number of benzene rings is 3. The summed E-state index contributed by atoms with van der Waals surface area (Å²) in [4.78, 5) is 2.59. The lowest BCUT2D eigenvalue weighted by atomic mass is 9.97. The van der Waals surface area contributed by atoms with Crippen molar-refractivity contribution in [2.45, 2.75) is 78.1 Å². The summed E-state index contributed by atoms with van der Waals surface area (Å²) < 4.78 is 0.440. The SMILES string of the molecule is CC.CCC1CSC(C)(C)C(CC)N1C.Cc1ccccc1.c1ccc(-c2ccccc2)cc1. The lowest BCUT2D eigenvalue weighted by Gasteiger charge is -2.48. The molecule has 1 aliphatic heterocycles. The lowest BCUT2D eigenvalue weighted by molar-refractivity contribution is 0.141. The van der Waals surface area contributed by atoms with Crippen LogP contribution in [0.4, 0.5) is 0 Å². The van der Waals surface area contributed by atoms with E-state index in [-0.39, 0.29) is 0 Å². The van der Waals surface area contributed by atoms with Gasteiger partial charge in [0.1, 0.15) is 0 Å². The number of rotatable bonds is 3. The molecule has 3 aromatic rings. The summed E-state index contributed by atoms with van der Waals surface area (Å²) in [7, 11) is 2.30. The minimum absolute atomic E-state index is 0.440. The van der Waals surface area contributed by atoms with Crippen molar-refractivity contribution in [2.24, 2.45) is 0 Å². The molecule has 2 heteroatoms. The first-order chi connectivity index (χ1) is 16.4. The van der Waals surface area contributed by atoms with Crippen molar-refractivity contribution in [3.05, 3.63) is 96.6 Å². The summed E-state index contributed by atoms with van der Waals surface area (Å²) in [6.07, 6.45) is 2.56. The first kappa shape index (κ1) is 30.0. The van der Waals surface area contributed by atoms with E-state index in [1.54, 1.807) is 0 Å². The molecule has 0 amide bonds. The molecule has 0 aliphatic carbocycles. The second kappa shape index (κ2) is 16.6. The highest BCUT2D eigenvalue weighted by atomic mass is 32.2. The number of hydrogen-bond acceptors (Lipinski definition) is 2. The van der Waals surface area contributed by atoms with Crippen LogP contribution in [0.1, 0.15) is 59.9 Å². The third-order valence-corrected chi connectivity index (χ3v) is 7.76. The molecular weight excluding hydrogens is 430 g/mol. The Morgan fingerprint density at radius 1 is 0.735 bits per heavy atom. The van der Waals surface area contributed by atoms with E-state index < -0.39 is 0 Å². The minimum atomic E-state index is 0.440. The van der Waals surface area contributed by atoms with E-state index in [9.17, 15) is 0 Å². The molecule has 0 saturated carbocycles. The van der Waals surface area contributed by atoms with Gasteiger partial charge in [-0.05, 0) is 51.8 Å². The summed E-state index contributed by atoms with van der Waals surface area (Å²) in [5.41, 5.74) is 3.87. The molecule has 1 nitrogen and oxygen atoms in total. The van der Waals surface area contributed by atoms with Crippen LogP contribution in [0.3, 0.4) is 0 Å². The van der Waals surface area contributed by atoms with E-state index in [0.717, 1.165) is 12.1 Å². The first-order valence-electron chi connectivity index (χ1n) is 12.9. The van der Waals surface area contributed by atoms with Gasteiger partial charge in [0.25, 0.3) is 0 Å². The van der Waals surface area contributed by atoms with Crippen molar-refractivity contribution in [3.8, 4) is 11.1 Å². The van der Waals surface area contributed by atoms with Crippen LogP contribution < -0.4 is 0 Å². The molecule has 4 rings (SSSR count). The van der Waals surface area contributed by atoms with Crippen LogP contribution in [0.2, 0.25) is 0 Å². The maximum Gasteiger partial charge on any atom is 0.0259 e. The highest BCUT2D eigenvalue weighted by Crippen LogP contribution is 2.39. The molecule has 0 aromatic heterocycles. The number of nitrogens with zero attached hydrogens (tertiary/aromatic N) is 1. The Bertz CT molecular complexity index is 824. The van der Waals surface area contributed by atoms with Crippen LogP contribution in [0.15, 0.2) is 91.0 Å². The van der Waals surface area contributed by atoms with Gasteiger partial charge >= 0.3 is 0 Å². The minimum Gasteiger partial charge on any atom is -0.298 e. The van der Waals surface area contributed by atoms with Gasteiger partial charge < -0.3 is 0 Å². The maximum atomic E-state index is 2.59. The maximum absolute atomic E-state index is 2.59. The smallest absolute Gasteiger partial charge is 0.0259 e. The van der Waals surface area contributed by atoms with Gasteiger partial charge in [-0.1, -0.05) is 124 Å². The average molecular weight is 478 g/mol. The van der Waals surface area contributed by atoms with Crippen LogP contribution in [-0.4, -0.2) is 34.5 Å². The highest BCUT2D eigenvalue weighted by Gasteiger charge is 2.38. The van der Waals surface area contributed by atoms with E-state index in [0.29, 0.717) is 4.75 Å². The van der Waals surface area contributed by atoms with E-state index in [1.807, 2.05) is 44.2 Å². The third kappa shape index (κ3) is 10.1. The molecule has 0 N–H and O–H groups in total. The fraction of sp³-hybridized carbons (Fsp3) is 0.438. The van der Waals surface area contributed by atoms with Crippen molar-refractivity contribution in [2.75, 3.05) is 12.8 Å². The van der Waals surface area contributed by atoms with Gasteiger partial charge in [-0.25, -0.2) is 0 Å². The molecule has 3 aromatic carbocycles. The van der Waals surface area contributed by atoms with E-state index in [1.165, 1.54) is 35.3 Å². The Kier molecular flexibility index (Phi) is 14.6. The quantitative estimate of drug-likeness (QED) is 0.369. The number of aryl methyl sites for hydroxylation is 1. The zero-order chi connectivity index (χ0) is 25.4. The van der Waals surface area contributed by atoms with Crippen molar-refractivity contribution in [1.82, 2.24) is 4.90 Å². The average Bonchev–Trinajstić information content (AvgIpc) is 2.88. The van der Waals surface area contributed by atoms with Crippen LogP contribution in [0.25, 0.3) is 11.1 Å².